The lowest BCUT2D eigenvalue weighted by Crippen LogP contribution is -2.43. The molecule has 1 aromatic heterocycles. The van der Waals surface area contributed by atoms with Gasteiger partial charge in [0.05, 0.1) is 0 Å². The molecule has 1 aliphatic rings. The number of aromatic nitrogens is 1. The van der Waals surface area contributed by atoms with E-state index in [1.807, 2.05) is 24.2 Å². The van der Waals surface area contributed by atoms with Crippen LogP contribution < -0.4 is 0 Å². The standard InChI is InChI=1S/C16H25BrN2O/c1-11(2)19-10-13(17)9-15(19)16(20)18(4)14-8-6-5-7-12(14)3/h9-12,14H,5-8H2,1-4H3. The van der Waals surface area contributed by atoms with Gasteiger partial charge in [0.15, 0.2) is 0 Å². The number of hydrogen-bond donors (Lipinski definition) is 0. The summed E-state index contributed by atoms with van der Waals surface area (Å²) >= 11 is 3.49. The summed E-state index contributed by atoms with van der Waals surface area (Å²) in [5.41, 5.74) is 0.784. The minimum absolute atomic E-state index is 0.142. The first-order chi connectivity index (χ1) is 9.41. The molecule has 2 unspecified atom stereocenters. The van der Waals surface area contributed by atoms with E-state index in [2.05, 4.69) is 41.3 Å². The molecular formula is C16H25BrN2O. The van der Waals surface area contributed by atoms with Crippen molar-refractivity contribution in [1.82, 2.24) is 9.47 Å². The maximum atomic E-state index is 12.8. The van der Waals surface area contributed by atoms with E-state index in [9.17, 15) is 4.79 Å². The lowest BCUT2D eigenvalue weighted by Gasteiger charge is -2.36. The second-order valence-electron chi connectivity index (χ2n) is 6.29. The number of rotatable bonds is 3. The van der Waals surface area contributed by atoms with Crippen LogP contribution in [0.1, 0.15) is 63.0 Å². The molecule has 1 amide bonds. The van der Waals surface area contributed by atoms with Crippen LogP contribution in [0.25, 0.3) is 0 Å². The zero-order chi connectivity index (χ0) is 14.9. The molecule has 0 radical (unpaired) electrons. The van der Waals surface area contributed by atoms with E-state index in [0.717, 1.165) is 16.6 Å². The predicted molar refractivity (Wildman–Crippen MR) is 86.0 cm³/mol. The summed E-state index contributed by atoms with van der Waals surface area (Å²) in [6.07, 6.45) is 6.90. The van der Waals surface area contributed by atoms with Gasteiger partial charge < -0.3 is 9.47 Å². The first-order valence-electron chi connectivity index (χ1n) is 7.56. The van der Waals surface area contributed by atoms with Crippen molar-refractivity contribution in [3.05, 3.63) is 22.4 Å². The fourth-order valence-corrected chi connectivity index (χ4v) is 3.69. The average Bonchev–Trinajstić information content (AvgIpc) is 2.80. The fraction of sp³-hybridized carbons (Fsp3) is 0.688. The van der Waals surface area contributed by atoms with E-state index in [1.165, 1.54) is 19.3 Å². The van der Waals surface area contributed by atoms with Gasteiger partial charge in [-0.1, -0.05) is 19.8 Å². The third-order valence-electron chi connectivity index (χ3n) is 4.47. The van der Waals surface area contributed by atoms with Gasteiger partial charge in [-0.2, -0.15) is 0 Å². The highest BCUT2D eigenvalue weighted by Crippen LogP contribution is 2.29. The van der Waals surface area contributed by atoms with Crippen LogP contribution in [-0.2, 0) is 0 Å². The molecule has 0 aromatic carbocycles. The molecule has 0 aliphatic heterocycles. The van der Waals surface area contributed by atoms with Gasteiger partial charge in [0.1, 0.15) is 5.69 Å². The first-order valence-corrected chi connectivity index (χ1v) is 8.35. The van der Waals surface area contributed by atoms with Crippen molar-refractivity contribution in [2.45, 2.75) is 58.5 Å². The Morgan fingerprint density at radius 3 is 2.65 bits per heavy atom. The summed E-state index contributed by atoms with van der Waals surface area (Å²) in [4.78, 5) is 14.8. The summed E-state index contributed by atoms with van der Waals surface area (Å²) in [6.45, 7) is 6.48. The fourth-order valence-electron chi connectivity index (χ4n) is 3.25. The lowest BCUT2D eigenvalue weighted by molar-refractivity contribution is 0.0616. The van der Waals surface area contributed by atoms with Crippen molar-refractivity contribution in [3.8, 4) is 0 Å². The number of carbonyl (C=O) groups excluding carboxylic acids is 1. The van der Waals surface area contributed by atoms with Crippen LogP contribution in [0.4, 0.5) is 0 Å². The number of nitrogens with zero attached hydrogens (tertiary/aromatic N) is 2. The lowest BCUT2D eigenvalue weighted by atomic mass is 9.85. The summed E-state index contributed by atoms with van der Waals surface area (Å²) in [7, 11) is 1.96. The quantitative estimate of drug-likeness (QED) is 0.796. The molecule has 3 nitrogen and oxygen atoms in total. The largest absolute Gasteiger partial charge is 0.340 e. The Hall–Kier alpha value is -0.770. The highest BCUT2D eigenvalue weighted by molar-refractivity contribution is 9.10. The van der Waals surface area contributed by atoms with Crippen LogP contribution in [0.15, 0.2) is 16.7 Å². The molecule has 0 bridgehead atoms. The number of amides is 1. The zero-order valence-corrected chi connectivity index (χ0v) is 14.5. The summed E-state index contributed by atoms with van der Waals surface area (Å²) < 4.78 is 3.02. The molecular weight excluding hydrogens is 316 g/mol. The Labute approximate surface area is 130 Å². The van der Waals surface area contributed by atoms with Gasteiger partial charge in [-0.25, -0.2) is 0 Å². The second kappa shape index (κ2) is 6.33. The average molecular weight is 341 g/mol. The van der Waals surface area contributed by atoms with Crippen molar-refractivity contribution >= 4 is 21.8 Å². The SMILES string of the molecule is CC1CCCCC1N(C)C(=O)c1cc(Br)cn1C(C)C. The van der Waals surface area contributed by atoms with Gasteiger partial charge in [-0.05, 0) is 54.6 Å². The van der Waals surface area contributed by atoms with E-state index in [4.69, 9.17) is 0 Å². The molecule has 0 N–H and O–H groups in total. The van der Waals surface area contributed by atoms with Crippen molar-refractivity contribution in [1.29, 1.82) is 0 Å². The molecule has 2 rings (SSSR count). The molecule has 1 fully saturated rings. The van der Waals surface area contributed by atoms with Crippen LogP contribution in [0.2, 0.25) is 0 Å². The molecule has 0 saturated heterocycles. The van der Waals surface area contributed by atoms with Gasteiger partial charge in [0, 0.05) is 29.8 Å². The normalized spacial score (nSPS) is 23.1. The van der Waals surface area contributed by atoms with Gasteiger partial charge in [0.2, 0.25) is 0 Å². The number of hydrogen-bond acceptors (Lipinski definition) is 1. The minimum Gasteiger partial charge on any atom is -0.340 e. The molecule has 1 aliphatic carbocycles. The van der Waals surface area contributed by atoms with Crippen molar-refractivity contribution in [3.63, 3.8) is 0 Å². The molecule has 4 heteroatoms. The van der Waals surface area contributed by atoms with E-state index in [0.29, 0.717) is 12.0 Å². The van der Waals surface area contributed by atoms with Crippen molar-refractivity contribution < 1.29 is 4.79 Å². The monoisotopic (exact) mass is 340 g/mol. The molecule has 1 heterocycles. The Morgan fingerprint density at radius 2 is 2.05 bits per heavy atom. The molecule has 20 heavy (non-hydrogen) atoms. The second-order valence-corrected chi connectivity index (χ2v) is 7.21. The third-order valence-corrected chi connectivity index (χ3v) is 4.91. The first kappa shape index (κ1) is 15.6. The van der Waals surface area contributed by atoms with Gasteiger partial charge in [0.25, 0.3) is 5.91 Å². The molecule has 112 valence electrons. The van der Waals surface area contributed by atoms with Gasteiger partial charge in [-0.3, -0.25) is 4.79 Å². The molecule has 0 spiro atoms. The van der Waals surface area contributed by atoms with Crippen molar-refractivity contribution in [2.24, 2.45) is 5.92 Å². The van der Waals surface area contributed by atoms with Crippen LogP contribution in [0.5, 0.6) is 0 Å². The van der Waals surface area contributed by atoms with E-state index < -0.39 is 0 Å². The maximum absolute atomic E-state index is 12.8. The van der Waals surface area contributed by atoms with Gasteiger partial charge in [-0.15, -0.1) is 0 Å². The van der Waals surface area contributed by atoms with Crippen molar-refractivity contribution in [2.75, 3.05) is 7.05 Å². The maximum Gasteiger partial charge on any atom is 0.270 e. The van der Waals surface area contributed by atoms with Crippen LogP contribution in [-0.4, -0.2) is 28.5 Å². The molecule has 1 saturated carbocycles. The van der Waals surface area contributed by atoms with Crippen LogP contribution >= 0.6 is 15.9 Å². The Bertz CT molecular complexity index is 481. The smallest absolute Gasteiger partial charge is 0.270 e. The summed E-state index contributed by atoms with van der Waals surface area (Å²) in [5.74, 6) is 0.742. The minimum atomic E-state index is 0.142. The number of halogens is 1. The number of carbonyl (C=O) groups is 1. The Balaban J connectivity index is 2.22. The highest BCUT2D eigenvalue weighted by Gasteiger charge is 2.29. The van der Waals surface area contributed by atoms with Gasteiger partial charge >= 0.3 is 0 Å². The van der Waals surface area contributed by atoms with E-state index >= 15 is 0 Å². The Kier molecular flexibility index (Phi) is 4.95. The zero-order valence-electron chi connectivity index (χ0n) is 12.9. The third kappa shape index (κ3) is 3.11. The highest BCUT2D eigenvalue weighted by atomic mass is 79.9. The Morgan fingerprint density at radius 1 is 1.40 bits per heavy atom. The van der Waals surface area contributed by atoms with E-state index in [1.54, 1.807) is 0 Å². The molecule has 1 aromatic rings. The van der Waals surface area contributed by atoms with Crippen LogP contribution in [0, 0.1) is 5.92 Å². The van der Waals surface area contributed by atoms with Crippen LogP contribution in [0.3, 0.4) is 0 Å². The topological polar surface area (TPSA) is 25.2 Å². The molecule has 2 atom stereocenters. The summed E-state index contributed by atoms with van der Waals surface area (Å²) in [6, 6.07) is 2.61. The summed E-state index contributed by atoms with van der Waals surface area (Å²) in [5, 5.41) is 0. The van der Waals surface area contributed by atoms with E-state index in [-0.39, 0.29) is 11.9 Å². The predicted octanol–water partition coefficient (Wildman–Crippen LogP) is 4.48.